The zero-order valence-electron chi connectivity index (χ0n) is 9.68. The Bertz CT molecular complexity index is 465. The molecule has 1 aromatic carbocycles. The van der Waals surface area contributed by atoms with Crippen molar-refractivity contribution in [3.63, 3.8) is 0 Å². The minimum absolute atomic E-state index is 0.667. The quantitative estimate of drug-likeness (QED) is 0.844. The molecule has 0 bridgehead atoms. The predicted octanol–water partition coefficient (Wildman–Crippen LogP) is 2.28. The smallest absolute Gasteiger partial charge is 0.126 e. The van der Waals surface area contributed by atoms with Crippen molar-refractivity contribution < 1.29 is 4.74 Å². The lowest BCUT2D eigenvalue weighted by Gasteiger charge is -2.06. The van der Waals surface area contributed by atoms with Crippen molar-refractivity contribution in [2.75, 3.05) is 18.2 Å². The van der Waals surface area contributed by atoms with Crippen LogP contribution in [-0.4, -0.2) is 12.1 Å². The molecule has 0 aliphatic carbocycles. The number of nitrogen functional groups attached to an aromatic ring is 1. The monoisotopic (exact) mass is 229 g/mol. The second-order valence-corrected chi connectivity index (χ2v) is 3.68. The van der Waals surface area contributed by atoms with Gasteiger partial charge in [-0.05, 0) is 29.8 Å². The molecule has 1 heterocycles. The first kappa shape index (κ1) is 11.3. The molecule has 4 heteroatoms. The Balaban J connectivity index is 1.95. The molecule has 4 nitrogen and oxygen atoms in total. The van der Waals surface area contributed by atoms with Gasteiger partial charge in [-0.1, -0.05) is 12.1 Å². The van der Waals surface area contributed by atoms with Crippen LogP contribution in [0.25, 0.3) is 0 Å². The number of anilines is 2. The van der Waals surface area contributed by atoms with E-state index in [1.165, 1.54) is 5.56 Å². The first-order valence-electron chi connectivity index (χ1n) is 5.36. The summed E-state index contributed by atoms with van der Waals surface area (Å²) in [5, 5.41) is 3.22. The highest BCUT2D eigenvalue weighted by Gasteiger charge is 1.96. The third-order valence-electron chi connectivity index (χ3n) is 2.42. The molecule has 0 aliphatic rings. The molecular weight excluding hydrogens is 214 g/mol. The summed E-state index contributed by atoms with van der Waals surface area (Å²) in [4.78, 5) is 4.17. The van der Waals surface area contributed by atoms with Crippen LogP contribution < -0.4 is 15.8 Å². The molecule has 1 aromatic heterocycles. The van der Waals surface area contributed by atoms with Gasteiger partial charge in [-0.3, -0.25) is 0 Å². The number of rotatable bonds is 4. The molecule has 2 aromatic rings. The van der Waals surface area contributed by atoms with Crippen LogP contribution in [0.15, 0.2) is 42.6 Å². The van der Waals surface area contributed by atoms with Crippen LogP contribution in [0.3, 0.4) is 0 Å². The van der Waals surface area contributed by atoms with E-state index in [-0.39, 0.29) is 0 Å². The molecule has 17 heavy (non-hydrogen) atoms. The fourth-order valence-electron chi connectivity index (χ4n) is 1.45. The maximum atomic E-state index is 5.56. The minimum atomic E-state index is 0.667. The average molecular weight is 229 g/mol. The summed E-state index contributed by atoms with van der Waals surface area (Å²) in [5.41, 5.74) is 7.40. The Morgan fingerprint density at radius 3 is 2.53 bits per heavy atom. The van der Waals surface area contributed by atoms with Gasteiger partial charge in [-0.15, -0.1) is 0 Å². The third kappa shape index (κ3) is 3.11. The van der Waals surface area contributed by atoms with E-state index in [1.54, 1.807) is 13.3 Å². The Morgan fingerprint density at radius 1 is 1.18 bits per heavy atom. The van der Waals surface area contributed by atoms with Gasteiger partial charge in [-0.25, -0.2) is 4.98 Å². The molecule has 0 atom stereocenters. The molecule has 0 radical (unpaired) electrons. The van der Waals surface area contributed by atoms with Crippen molar-refractivity contribution in [1.82, 2.24) is 4.98 Å². The molecule has 0 fully saturated rings. The number of nitrogens with one attached hydrogen (secondary N) is 1. The van der Waals surface area contributed by atoms with Gasteiger partial charge in [-0.2, -0.15) is 0 Å². The molecule has 3 N–H and O–H groups in total. The lowest BCUT2D eigenvalue weighted by Crippen LogP contribution is -2.01. The van der Waals surface area contributed by atoms with Gasteiger partial charge in [0.15, 0.2) is 0 Å². The van der Waals surface area contributed by atoms with Gasteiger partial charge in [0.1, 0.15) is 11.6 Å². The van der Waals surface area contributed by atoms with Crippen molar-refractivity contribution in [2.45, 2.75) is 6.54 Å². The molecule has 88 valence electrons. The van der Waals surface area contributed by atoms with Crippen molar-refractivity contribution in [3.05, 3.63) is 48.2 Å². The van der Waals surface area contributed by atoms with Crippen molar-refractivity contribution >= 4 is 11.5 Å². The Morgan fingerprint density at radius 2 is 1.94 bits per heavy atom. The molecule has 0 aliphatic heterocycles. The van der Waals surface area contributed by atoms with Crippen molar-refractivity contribution in [2.24, 2.45) is 0 Å². The van der Waals surface area contributed by atoms with Crippen LogP contribution in [0.1, 0.15) is 5.56 Å². The third-order valence-corrected chi connectivity index (χ3v) is 2.42. The van der Waals surface area contributed by atoms with Gasteiger partial charge in [0.2, 0.25) is 0 Å². The largest absolute Gasteiger partial charge is 0.497 e. The summed E-state index contributed by atoms with van der Waals surface area (Å²) in [6, 6.07) is 11.6. The Kier molecular flexibility index (Phi) is 3.45. The molecular formula is C13H15N3O. The fraction of sp³-hybridized carbons (Fsp3) is 0.154. The minimum Gasteiger partial charge on any atom is -0.497 e. The summed E-state index contributed by atoms with van der Waals surface area (Å²) in [7, 11) is 1.66. The predicted molar refractivity (Wildman–Crippen MR) is 69.0 cm³/mol. The van der Waals surface area contributed by atoms with Gasteiger partial charge in [0.25, 0.3) is 0 Å². The summed E-state index contributed by atoms with van der Waals surface area (Å²) < 4.78 is 5.10. The second-order valence-electron chi connectivity index (χ2n) is 3.68. The maximum absolute atomic E-state index is 5.56. The van der Waals surface area contributed by atoms with Crippen LogP contribution in [0.4, 0.5) is 11.5 Å². The summed E-state index contributed by atoms with van der Waals surface area (Å²) in [6.07, 6.45) is 1.64. The molecule has 0 amide bonds. The highest BCUT2D eigenvalue weighted by molar-refractivity contribution is 5.44. The highest BCUT2D eigenvalue weighted by atomic mass is 16.5. The fourth-order valence-corrected chi connectivity index (χ4v) is 1.45. The number of methoxy groups -OCH3 is 1. The molecule has 0 saturated carbocycles. The number of pyridine rings is 1. The lowest BCUT2D eigenvalue weighted by molar-refractivity contribution is 0.414. The maximum Gasteiger partial charge on any atom is 0.126 e. The molecule has 2 rings (SSSR count). The van der Waals surface area contributed by atoms with Gasteiger partial charge >= 0.3 is 0 Å². The molecule has 0 saturated heterocycles. The molecule has 0 unspecified atom stereocenters. The van der Waals surface area contributed by atoms with Gasteiger partial charge in [0.05, 0.1) is 19.0 Å². The standard InChI is InChI=1S/C13H15N3O/c1-17-12-5-2-10(3-6-12)8-15-13-7-4-11(14)9-16-13/h2-7,9H,8,14H2,1H3,(H,15,16). The van der Waals surface area contributed by atoms with E-state index >= 15 is 0 Å². The van der Waals surface area contributed by atoms with E-state index in [4.69, 9.17) is 10.5 Å². The van der Waals surface area contributed by atoms with Gasteiger partial charge < -0.3 is 15.8 Å². The van der Waals surface area contributed by atoms with Gasteiger partial charge in [0, 0.05) is 6.54 Å². The van der Waals surface area contributed by atoms with Crippen LogP contribution in [0.2, 0.25) is 0 Å². The number of ether oxygens (including phenoxy) is 1. The number of nitrogens with two attached hydrogens (primary N) is 1. The number of nitrogens with zero attached hydrogens (tertiary/aromatic N) is 1. The van der Waals surface area contributed by atoms with Crippen LogP contribution in [0.5, 0.6) is 5.75 Å². The molecule has 0 spiro atoms. The average Bonchev–Trinajstić information content (AvgIpc) is 2.39. The van der Waals surface area contributed by atoms with E-state index in [1.807, 2.05) is 36.4 Å². The van der Waals surface area contributed by atoms with E-state index in [2.05, 4.69) is 10.3 Å². The van der Waals surface area contributed by atoms with Crippen LogP contribution >= 0.6 is 0 Å². The van der Waals surface area contributed by atoms with E-state index < -0.39 is 0 Å². The summed E-state index contributed by atoms with van der Waals surface area (Å²) in [6.45, 7) is 0.723. The highest BCUT2D eigenvalue weighted by Crippen LogP contribution is 2.13. The zero-order valence-corrected chi connectivity index (χ0v) is 9.68. The van der Waals surface area contributed by atoms with Crippen LogP contribution in [0, 0.1) is 0 Å². The Hall–Kier alpha value is -2.23. The number of hydrogen-bond donors (Lipinski definition) is 2. The summed E-state index contributed by atoms with van der Waals surface area (Å²) in [5.74, 6) is 1.68. The SMILES string of the molecule is COc1ccc(CNc2ccc(N)cn2)cc1. The number of aromatic nitrogens is 1. The summed E-state index contributed by atoms with van der Waals surface area (Å²) >= 11 is 0. The van der Waals surface area contributed by atoms with E-state index in [0.29, 0.717) is 5.69 Å². The van der Waals surface area contributed by atoms with E-state index in [0.717, 1.165) is 18.1 Å². The van der Waals surface area contributed by atoms with Crippen molar-refractivity contribution in [1.29, 1.82) is 0 Å². The normalized spacial score (nSPS) is 9.94. The van der Waals surface area contributed by atoms with Crippen LogP contribution in [-0.2, 0) is 6.54 Å². The number of hydrogen-bond acceptors (Lipinski definition) is 4. The first-order valence-corrected chi connectivity index (χ1v) is 5.36. The number of benzene rings is 1. The lowest BCUT2D eigenvalue weighted by atomic mass is 10.2. The van der Waals surface area contributed by atoms with Crippen molar-refractivity contribution in [3.8, 4) is 5.75 Å². The van der Waals surface area contributed by atoms with E-state index in [9.17, 15) is 0 Å². The zero-order chi connectivity index (χ0) is 12.1. The Labute approximate surface area is 100 Å². The first-order chi connectivity index (χ1) is 8.28. The second kappa shape index (κ2) is 5.21. The topological polar surface area (TPSA) is 60.2 Å².